The highest BCUT2D eigenvalue weighted by Gasteiger charge is 2.35. The van der Waals surface area contributed by atoms with Crippen LogP contribution in [0.5, 0.6) is 0 Å². The number of hydrogen-bond donors (Lipinski definition) is 0. The summed E-state index contributed by atoms with van der Waals surface area (Å²) in [6.07, 6.45) is 6.71. The highest BCUT2D eigenvalue weighted by atomic mass is 35.5. The first kappa shape index (κ1) is 22.6. The molecule has 0 amide bonds. The number of hydrogen-bond acceptors (Lipinski definition) is 5. The Hall–Kier alpha value is -2.22. The Morgan fingerprint density at radius 3 is 2.42 bits per heavy atom. The second kappa shape index (κ2) is 9.20. The summed E-state index contributed by atoms with van der Waals surface area (Å²) in [7, 11) is 6.31. The van der Waals surface area contributed by atoms with Gasteiger partial charge in [-0.25, -0.2) is 4.98 Å². The molecule has 2 aliphatic rings. The van der Waals surface area contributed by atoms with Gasteiger partial charge in [0.25, 0.3) is 0 Å². The summed E-state index contributed by atoms with van der Waals surface area (Å²) < 4.78 is 17.7. The zero-order valence-electron chi connectivity index (χ0n) is 19.6. The molecule has 2 fully saturated rings. The molecule has 6 nitrogen and oxygen atoms in total. The van der Waals surface area contributed by atoms with Gasteiger partial charge in [0.2, 0.25) is 5.95 Å². The average molecular weight is 471 g/mol. The molecule has 2 aliphatic heterocycles. The van der Waals surface area contributed by atoms with Crippen molar-refractivity contribution in [2.45, 2.75) is 50.2 Å². The number of anilines is 1. The van der Waals surface area contributed by atoms with Gasteiger partial charge in [0, 0.05) is 25.3 Å². The smallest absolute Gasteiger partial charge is 0.224 e. The van der Waals surface area contributed by atoms with Crippen LogP contribution in [0.1, 0.15) is 55.6 Å². The molecule has 33 heavy (non-hydrogen) atoms. The van der Waals surface area contributed by atoms with E-state index in [-0.39, 0.29) is 18.0 Å². The van der Waals surface area contributed by atoms with Gasteiger partial charge in [0.15, 0.2) is 0 Å². The maximum atomic E-state index is 16.0. The van der Waals surface area contributed by atoms with Crippen molar-refractivity contribution in [1.29, 1.82) is 0 Å². The van der Waals surface area contributed by atoms with Gasteiger partial charge in [0.1, 0.15) is 17.2 Å². The summed E-state index contributed by atoms with van der Waals surface area (Å²) in [5.74, 6) is 0.642. The maximum Gasteiger partial charge on any atom is 0.224 e. The quantitative estimate of drug-likeness (QED) is 0.539. The van der Waals surface area contributed by atoms with Crippen LogP contribution >= 0.6 is 11.6 Å². The van der Waals surface area contributed by atoms with Gasteiger partial charge < -0.3 is 9.80 Å². The predicted molar refractivity (Wildman–Crippen MR) is 130 cm³/mol. The Morgan fingerprint density at radius 2 is 1.73 bits per heavy atom. The van der Waals surface area contributed by atoms with Crippen LogP contribution in [0.4, 0.5) is 10.2 Å². The zero-order valence-corrected chi connectivity index (χ0v) is 20.3. The first-order valence-corrected chi connectivity index (χ1v) is 12.2. The number of nitrogens with zero attached hydrogens (tertiary/aromatic N) is 6. The van der Waals surface area contributed by atoms with E-state index < -0.39 is 0 Å². The summed E-state index contributed by atoms with van der Waals surface area (Å²) in [4.78, 5) is 16.1. The van der Waals surface area contributed by atoms with E-state index in [2.05, 4.69) is 33.8 Å². The monoisotopic (exact) mass is 470 g/mol. The molecule has 8 heteroatoms. The molecule has 176 valence electrons. The second-order valence-electron chi connectivity index (χ2n) is 9.55. The molecule has 0 unspecified atom stereocenters. The summed E-state index contributed by atoms with van der Waals surface area (Å²) in [6, 6.07) is 10.1. The van der Waals surface area contributed by atoms with Crippen LogP contribution in [-0.4, -0.2) is 64.4 Å². The van der Waals surface area contributed by atoms with Gasteiger partial charge in [-0.05, 0) is 77.5 Å². The van der Waals surface area contributed by atoms with Gasteiger partial charge in [0.05, 0.1) is 22.8 Å². The molecule has 2 saturated heterocycles. The minimum atomic E-state index is -0.250. The molecule has 0 aliphatic carbocycles. The molecule has 0 bridgehead atoms. The fourth-order valence-corrected chi connectivity index (χ4v) is 5.81. The van der Waals surface area contributed by atoms with Crippen LogP contribution in [0.2, 0.25) is 5.02 Å². The maximum absolute atomic E-state index is 16.0. The van der Waals surface area contributed by atoms with Crippen LogP contribution in [0.3, 0.4) is 0 Å². The van der Waals surface area contributed by atoms with Crippen molar-refractivity contribution in [1.82, 2.24) is 24.2 Å². The minimum Gasteiger partial charge on any atom is -0.358 e. The zero-order chi connectivity index (χ0) is 23.1. The number of rotatable bonds is 4. The second-order valence-corrected chi connectivity index (χ2v) is 9.95. The van der Waals surface area contributed by atoms with Crippen LogP contribution in [0, 0.1) is 5.95 Å². The molecule has 0 N–H and O–H groups in total. The molecule has 0 aromatic carbocycles. The molecule has 3 aromatic rings. The molecular formula is C25H32ClFN6. The van der Waals surface area contributed by atoms with E-state index in [1.807, 2.05) is 37.4 Å². The lowest BCUT2D eigenvalue weighted by Crippen LogP contribution is -2.42. The number of piperidine rings is 2. The Kier molecular flexibility index (Phi) is 6.29. The van der Waals surface area contributed by atoms with Gasteiger partial charge in [-0.15, -0.1) is 0 Å². The lowest BCUT2D eigenvalue weighted by atomic mass is 9.92. The van der Waals surface area contributed by atoms with Crippen molar-refractivity contribution in [2.24, 2.45) is 0 Å². The van der Waals surface area contributed by atoms with E-state index in [0.717, 1.165) is 56.7 Å². The fourth-order valence-electron chi connectivity index (χ4n) is 5.56. The van der Waals surface area contributed by atoms with E-state index >= 15 is 4.39 Å². The Morgan fingerprint density at radius 1 is 1.00 bits per heavy atom. The molecule has 0 spiro atoms. The molecule has 2 atom stereocenters. The lowest BCUT2D eigenvalue weighted by molar-refractivity contribution is 0.107. The first-order chi connectivity index (χ1) is 16.0. The molecule has 3 aromatic heterocycles. The fraction of sp³-hybridized carbons (Fsp3) is 0.520. The normalized spacial score (nSPS) is 23.0. The van der Waals surface area contributed by atoms with E-state index in [1.54, 1.807) is 10.6 Å². The summed E-state index contributed by atoms with van der Waals surface area (Å²) >= 11 is 6.46. The summed E-state index contributed by atoms with van der Waals surface area (Å²) in [6.45, 7) is 1.83. The highest BCUT2D eigenvalue weighted by molar-refractivity contribution is 6.31. The summed E-state index contributed by atoms with van der Waals surface area (Å²) in [5.41, 5.74) is 2.05. The van der Waals surface area contributed by atoms with Gasteiger partial charge in [-0.3, -0.25) is 14.3 Å². The number of halogens is 2. The third-order valence-corrected chi connectivity index (χ3v) is 7.79. The number of likely N-dealkylation sites (tertiary alicyclic amines) is 1. The molecule has 5 rings (SSSR count). The van der Waals surface area contributed by atoms with Gasteiger partial charge in [-0.1, -0.05) is 17.7 Å². The van der Waals surface area contributed by atoms with Crippen molar-refractivity contribution in [3.63, 3.8) is 0 Å². The Labute approximate surface area is 200 Å². The number of imidazole rings is 1. The van der Waals surface area contributed by atoms with Crippen LogP contribution in [0.15, 0.2) is 36.5 Å². The van der Waals surface area contributed by atoms with Crippen LogP contribution in [-0.2, 0) is 0 Å². The predicted octanol–water partition coefficient (Wildman–Crippen LogP) is 4.95. The van der Waals surface area contributed by atoms with Crippen molar-refractivity contribution in [2.75, 3.05) is 39.1 Å². The van der Waals surface area contributed by atoms with E-state index in [0.29, 0.717) is 22.4 Å². The highest BCUT2D eigenvalue weighted by Crippen LogP contribution is 2.42. The van der Waals surface area contributed by atoms with Crippen LogP contribution in [0.25, 0.3) is 5.65 Å². The third kappa shape index (κ3) is 4.11. The third-order valence-electron chi connectivity index (χ3n) is 7.47. The Bertz CT molecular complexity index is 1120. The molecule has 0 saturated carbocycles. The van der Waals surface area contributed by atoms with Gasteiger partial charge in [-0.2, -0.15) is 4.39 Å². The van der Waals surface area contributed by atoms with Crippen molar-refractivity contribution in [3.05, 3.63) is 58.9 Å². The molecule has 5 heterocycles. The SMILES string of the molecule is CN(C)C1CCN(c2cccc3nc([C@H]4CCC[C@@H](c5ncccc5Cl)N4C)c(F)n23)CC1. The lowest BCUT2D eigenvalue weighted by Gasteiger charge is -2.38. The van der Waals surface area contributed by atoms with E-state index in [1.165, 1.54) is 0 Å². The van der Waals surface area contributed by atoms with Crippen molar-refractivity contribution >= 4 is 23.1 Å². The minimum absolute atomic E-state index is 0.0474. The summed E-state index contributed by atoms with van der Waals surface area (Å²) in [5, 5.41) is 0.661. The van der Waals surface area contributed by atoms with Crippen molar-refractivity contribution < 1.29 is 4.39 Å². The van der Waals surface area contributed by atoms with E-state index in [4.69, 9.17) is 16.6 Å². The number of aromatic nitrogens is 3. The number of fused-ring (bicyclic) bond motifs is 1. The largest absolute Gasteiger partial charge is 0.358 e. The van der Waals surface area contributed by atoms with Crippen molar-refractivity contribution in [3.8, 4) is 0 Å². The number of pyridine rings is 2. The van der Waals surface area contributed by atoms with Gasteiger partial charge >= 0.3 is 0 Å². The standard InChI is InChI=1S/C25H32ClFN6/c1-30(2)17-12-15-32(16-13-17)22-11-5-10-21-29-24(25(27)33(21)22)20-9-4-8-19(31(20)3)23-18(26)7-6-14-28-23/h5-7,10-11,14,17,19-20H,4,8-9,12-13,15-16H2,1-3H3/t19-,20+/m0/s1. The Balaban J connectivity index is 1.47. The van der Waals surface area contributed by atoms with Crippen LogP contribution < -0.4 is 4.90 Å². The topological polar surface area (TPSA) is 39.9 Å². The molecule has 0 radical (unpaired) electrons. The first-order valence-electron chi connectivity index (χ1n) is 11.9. The average Bonchev–Trinajstić information content (AvgIpc) is 3.16. The van der Waals surface area contributed by atoms with E-state index in [9.17, 15) is 0 Å². The molecular weight excluding hydrogens is 439 g/mol.